The zero-order valence-corrected chi connectivity index (χ0v) is 11.3. The summed E-state index contributed by atoms with van der Waals surface area (Å²) < 4.78 is 25.9. The van der Waals surface area contributed by atoms with Gasteiger partial charge in [0, 0.05) is 6.08 Å². The maximum absolute atomic E-state index is 13.1. The number of halogens is 2. The molecule has 1 amide bonds. The highest BCUT2D eigenvalue weighted by Gasteiger charge is 2.18. The standard InChI is InChI=1S/C15H17F2NO2/c1-3-4-5-6-14(19)18-10(2)15(20)11-7-8-12(16)13(17)9-11/h3-10,15,20H,1-2H3,(H,18,19). The monoisotopic (exact) mass is 281 g/mol. The molecule has 108 valence electrons. The highest BCUT2D eigenvalue weighted by molar-refractivity contribution is 5.88. The topological polar surface area (TPSA) is 49.3 Å². The highest BCUT2D eigenvalue weighted by atomic mass is 19.2. The lowest BCUT2D eigenvalue weighted by atomic mass is 10.0. The number of aliphatic hydroxyl groups is 1. The summed E-state index contributed by atoms with van der Waals surface area (Å²) in [6.45, 7) is 3.39. The zero-order valence-electron chi connectivity index (χ0n) is 11.3. The number of aliphatic hydroxyl groups excluding tert-OH is 1. The molecule has 2 N–H and O–H groups in total. The predicted molar refractivity (Wildman–Crippen MR) is 72.9 cm³/mol. The molecule has 1 aromatic rings. The van der Waals surface area contributed by atoms with E-state index in [0.29, 0.717) is 0 Å². The van der Waals surface area contributed by atoms with Gasteiger partial charge < -0.3 is 10.4 Å². The number of allylic oxidation sites excluding steroid dienone is 3. The largest absolute Gasteiger partial charge is 0.386 e. The van der Waals surface area contributed by atoms with E-state index in [1.165, 1.54) is 12.1 Å². The van der Waals surface area contributed by atoms with Gasteiger partial charge in [-0.2, -0.15) is 0 Å². The van der Waals surface area contributed by atoms with Crippen LogP contribution in [0, 0.1) is 11.6 Å². The number of benzene rings is 1. The van der Waals surface area contributed by atoms with E-state index in [4.69, 9.17) is 0 Å². The van der Waals surface area contributed by atoms with Crippen molar-refractivity contribution < 1.29 is 18.7 Å². The Morgan fingerprint density at radius 2 is 2.00 bits per heavy atom. The van der Waals surface area contributed by atoms with Crippen LogP contribution in [0.25, 0.3) is 0 Å². The molecule has 5 heteroatoms. The molecule has 2 unspecified atom stereocenters. The van der Waals surface area contributed by atoms with Crippen LogP contribution in [0.5, 0.6) is 0 Å². The third-order valence-corrected chi connectivity index (χ3v) is 2.68. The Morgan fingerprint density at radius 1 is 1.30 bits per heavy atom. The van der Waals surface area contributed by atoms with Gasteiger partial charge >= 0.3 is 0 Å². The average Bonchev–Trinajstić information content (AvgIpc) is 2.41. The minimum absolute atomic E-state index is 0.203. The van der Waals surface area contributed by atoms with Crippen molar-refractivity contribution in [1.29, 1.82) is 0 Å². The summed E-state index contributed by atoms with van der Waals surface area (Å²) in [7, 11) is 0. The van der Waals surface area contributed by atoms with Gasteiger partial charge in [-0.15, -0.1) is 0 Å². The van der Waals surface area contributed by atoms with Gasteiger partial charge in [0.15, 0.2) is 11.6 Å². The van der Waals surface area contributed by atoms with Crippen molar-refractivity contribution in [2.24, 2.45) is 0 Å². The second kappa shape index (κ2) is 7.55. The average molecular weight is 281 g/mol. The summed E-state index contributed by atoms with van der Waals surface area (Å²) in [4.78, 5) is 11.5. The molecule has 0 heterocycles. The molecule has 1 rings (SSSR count). The predicted octanol–water partition coefficient (Wildman–Crippen LogP) is 2.64. The van der Waals surface area contributed by atoms with E-state index in [9.17, 15) is 18.7 Å². The van der Waals surface area contributed by atoms with E-state index < -0.39 is 23.8 Å². The van der Waals surface area contributed by atoms with Gasteiger partial charge in [-0.3, -0.25) is 4.79 Å². The molecule has 0 aliphatic heterocycles. The normalized spacial score (nSPS) is 14.7. The van der Waals surface area contributed by atoms with E-state index in [2.05, 4.69) is 5.32 Å². The van der Waals surface area contributed by atoms with Gasteiger partial charge in [0.25, 0.3) is 0 Å². The molecule has 20 heavy (non-hydrogen) atoms. The lowest BCUT2D eigenvalue weighted by molar-refractivity contribution is -0.117. The van der Waals surface area contributed by atoms with E-state index in [0.717, 1.165) is 12.1 Å². The molecule has 0 aliphatic rings. The van der Waals surface area contributed by atoms with E-state index in [1.807, 2.05) is 6.92 Å². The molecule has 0 fully saturated rings. The van der Waals surface area contributed by atoms with Crippen molar-refractivity contribution in [2.75, 3.05) is 0 Å². The van der Waals surface area contributed by atoms with Crippen LogP contribution in [0.4, 0.5) is 8.78 Å². The summed E-state index contributed by atoms with van der Waals surface area (Å²) in [5, 5.41) is 12.5. The second-order valence-corrected chi connectivity index (χ2v) is 4.30. The molecule has 0 radical (unpaired) electrons. The van der Waals surface area contributed by atoms with Gasteiger partial charge in [-0.1, -0.05) is 24.3 Å². The molecule has 0 aromatic heterocycles. The van der Waals surface area contributed by atoms with E-state index >= 15 is 0 Å². The van der Waals surface area contributed by atoms with Gasteiger partial charge in [0.1, 0.15) is 0 Å². The molecule has 0 saturated heterocycles. The first-order valence-corrected chi connectivity index (χ1v) is 6.18. The van der Waals surface area contributed by atoms with Crippen molar-refractivity contribution in [3.05, 3.63) is 59.7 Å². The van der Waals surface area contributed by atoms with Crippen molar-refractivity contribution in [3.63, 3.8) is 0 Å². The summed E-state index contributed by atoms with van der Waals surface area (Å²) in [5.74, 6) is -2.39. The van der Waals surface area contributed by atoms with Gasteiger partial charge in [0.05, 0.1) is 12.1 Å². The number of hydrogen-bond acceptors (Lipinski definition) is 2. The minimum atomic E-state index is -1.12. The minimum Gasteiger partial charge on any atom is -0.386 e. The smallest absolute Gasteiger partial charge is 0.244 e. The third-order valence-electron chi connectivity index (χ3n) is 2.68. The van der Waals surface area contributed by atoms with Crippen LogP contribution in [-0.4, -0.2) is 17.1 Å². The third kappa shape index (κ3) is 4.59. The van der Waals surface area contributed by atoms with Crippen molar-refractivity contribution in [2.45, 2.75) is 26.0 Å². The van der Waals surface area contributed by atoms with Crippen LogP contribution in [-0.2, 0) is 4.79 Å². The fourth-order valence-electron chi connectivity index (χ4n) is 1.59. The maximum atomic E-state index is 13.1. The summed E-state index contributed by atoms with van der Waals surface area (Å²) >= 11 is 0. The number of carbonyl (C=O) groups excluding carboxylic acids is 1. The number of amides is 1. The van der Waals surface area contributed by atoms with Crippen LogP contribution in [0.1, 0.15) is 25.5 Å². The number of rotatable bonds is 5. The molecular formula is C15H17F2NO2. The van der Waals surface area contributed by atoms with Crippen LogP contribution in [0.15, 0.2) is 42.5 Å². The molecule has 2 atom stereocenters. The Bertz CT molecular complexity index is 527. The number of nitrogens with one attached hydrogen (secondary N) is 1. The van der Waals surface area contributed by atoms with Crippen LogP contribution >= 0.6 is 0 Å². The maximum Gasteiger partial charge on any atom is 0.244 e. The second-order valence-electron chi connectivity index (χ2n) is 4.30. The Morgan fingerprint density at radius 3 is 2.60 bits per heavy atom. The highest BCUT2D eigenvalue weighted by Crippen LogP contribution is 2.19. The fraction of sp³-hybridized carbons (Fsp3) is 0.267. The first kappa shape index (κ1) is 16.0. The van der Waals surface area contributed by atoms with Crippen LogP contribution in [0.2, 0.25) is 0 Å². The van der Waals surface area contributed by atoms with Crippen LogP contribution in [0.3, 0.4) is 0 Å². The molecule has 0 aliphatic carbocycles. The van der Waals surface area contributed by atoms with Gasteiger partial charge in [0.2, 0.25) is 5.91 Å². The lowest BCUT2D eigenvalue weighted by Crippen LogP contribution is -2.36. The molecule has 0 bridgehead atoms. The Labute approximate surface area is 116 Å². The van der Waals surface area contributed by atoms with Crippen molar-refractivity contribution in [3.8, 4) is 0 Å². The van der Waals surface area contributed by atoms with Gasteiger partial charge in [-0.05, 0) is 31.5 Å². The fourth-order valence-corrected chi connectivity index (χ4v) is 1.59. The molecule has 3 nitrogen and oxygen atoms in total. The zero-order chi connectivity index (χ0) is 15.1. The molecule has 1 aromatic carbocycles. The first-order valence-electron chi connectivity index (χ1n) is 6.18. The Hall–Kier alpha value is -2.01. The van der Waals surface area contributed by atoms with Crippen molar-refractivity contribution >= 4 is 5.91 Å². The molecular weight excluding hydrogens is 264 g/mol. The summed E-state index contributed by atoms with van der Waals surface area (Å²) in [6, 6.07) is 2.50. The first-order chi connectivity index (χ1) is 9.45. The number of hydrogen-bond donors (Lipinski definition) is 2. The SMILES string of the molecule is CC=CC=CC(=O)NC(C)C(O)c1ccc(F)c(F)c1. The van der Waals surface area contributed by atoms with E-state index in [1.54, 1.807) is 25.2 Å². The van der Waals surface area contributed by atoms with Crippen LogP contribution < -0.4 is 5.32 Å². The van der Waals surface area contributed by atoms with E-state index in [-0.39, 0.29) is 11.5 Å². The summed E-state index contributed by atoms with van der Waals surface area (Å²) in [6.07, 6.45) is 5.21. The molecule has 0 spiro atoms. The molecule has 0 saturated carbocycles. The van der Waals surface area contributed by atoms with Crippen molar-refractivity contribution in [1.82, 2.24) is 5.32 Å². The Balaban J connectivity index is 2.68. The lowest BCUT2D eigenvalue weighted by Gasteiger charge is -2.20. The number of carbonyl (C=O) groups is 1. The quantitative estimate of drug-likeness (QED) is 0.644. The van der Waals surface area contributed by atoms with Gasteiger partial charge in [-0.25, -0.2) is 8.78 Å². The Kier molecular flexibility index (Phi) is 6.06. The summed E-state index contributed by atoms with van der Waals surface area (Å²) in [5.41, 5.74) is 0.203.